The molecule has 33 heavy (non-hydrogen) atoms. The standard InChI is InChI=1S/C24H20BrClN6O/c1-31(24(33)17-7-4-6-16(12-17)14-27)11-5-10-28-22-13-21(18-8-2-3-9-20(18)26)30-23-19(25)15-29-32(22)23/h2-4,6-9,12-13,15,28H,5,10-11H2,1H3. The number of nitrogens with zero attached hydrogens (tertiary/aromatic N) is 5. The summed E-state index contributed by atoms with van der Waals surface area (Å²) in [6, 6.07) is 18.3. The Morgan fingerprint density at radius 1 is 1.24 bits per heavy atom. The third kappa shape index (κ3) is 5.00. The van der Waals surface area contributed by atoms with Gasteiger partial charge in [-0.05, 0) is 46.6 Å². The van der Waals surface area contributed by atoms with Crippen LogP contribution < -0.4 is 5.32 Å². The average Bonchev–Trinajstić information content (AvgIpc) is 3.22. The van der Waals surface area contributed by atoms with Gasteiger partial charge in [-0.3, -0.25) is 4.79 Å². The lowest BCUT2D eigenvalue weighted by molar-refractivity contribution is 0.0794. The zero-order valence-corrected chi connectivity index (χ0v) is 20.1. The van der Waals surface area contributed by atoms with Crippen molar-refractivity contribution in [2.24, 2.45) is 0 Å². The van der Waals surface area contributed by atoms with Gasteiger partial charge in [0.05, 0.1) is 28.0 Å². The van der Waals surface area contributed by atoms with Crippen molar-refractivity contribution in [2.75, 3.05) is 25.5 Å². The van der Waals surface area contributed by atoms with E-state index in [1.165, 1.54) is 0 Å². The molecule has 0 bridgehead atoms. The molecule has 0 saturated heterocycles. The van der Waals surface area contributed by atoms with Crippen LogP contribution in [0.4, 0.5) is 5.82 Å². The number of carbonyl (C=O) groups is 1. The molecular weight excluding hydrogens is 504 g/mol. The molecule has 0 atom stereocenters. The normalized spacial score (nSPS) is 10.7. The van der Waals surface area contributed by atoms with Gasteiger partial charge in [0.1, 0.15) is 5.82 Å². The van der Waals surface area contributed by atoms with Crippen LogP contribution in [0.5, 0.6) is 0 Å². The number of hydrogen-bond donors (Lipinski definition) is 1. The number of rotatable bonds is 7. The first-order valence-electron chi connectivity index (χ1n) is 10.3. The zero-order valence-electron chi connectivity index (χ0n) is 17.8. The highest BCUT2D eigenvalue weighted by Crippen LogP contribution is 2.30. The van der Waals surface area contributed by atoms with Gasteiger partial charge in [-0.25, -0.2) is 4.98 Å². The number of aromatic nitrogens is 3. The van der Waals surface area contributed by atoms with Crippen molar-refractivity contribution in [1.29, 1.82) is 5.26 Å². The smallest absolute Gasteiger partial charge is 0.253 e. The monoisotopic (exact) mass is 522 g/mol. The fraction of sp³-hybridized carbons (Fsp3) is 0.167. The van der Waals surface area contributed by atoms with E-state index in [0.717, 1.165) is 21.5 Å². The molecule has 1 amide bonds. The number of nitriles is 1. The quantitative estimate of drug-likeness (QED) is 0.334. The zero-order chi connectivity index (χ0) is 23.4. The van der Waals surface area contributed by atoms with E-state index in [4.69, 9.17) is 21.8 Å². The van der Waals surface area contributed by atoms with Crippen LogP contribution in [0.1, 0.15) is 22.3 Å². The van der Waals surface area contributed by atoms with Gasteiger partial charge in [0.25, 0.3) is 5.91 Å². The van der Waals surface area contributed by atoms with Crippen LogP contribution in [-0.2, 0) is 0 Å². The fourth-order valence-electron chi connectivity index (χ4n) is 3.45. The maximum atomic E-state index is 12.6. The van der Waals surface area contributed by atoms with Gasteiger partial charge in [-0.1, -0.05) is 35.9 Å². The van der Waals surface area contributed by atoms with Gasteiger partial charge in [0.2, 0.25) is 0 Å². The van der Waals surface area contributed by atoms with Gasteiger partial charge in [-0.2, -0.15) is 14.9 Å². The lowest BCUT2D eigenvalue weighted by atomic mass is 10.1. The number of carbonyl (C=O) groups excluding carboxylic acids is 1. The summed E-state index contributed by atoms with van der Waals surface area (Å²) in [7, 11) is 1.76. The second-order valence-electron chi connectivity index (χ2n) is 7.43. The molecule has 0 unspecified atom stereocenters. The summed E-state index contributed by atoms with van der Waals surface area (Å²) in [6.07, 6.45) is 2.42. The number of anilines is 1. The van der Waals surface area contributed by atoms with E-state index in [-0.39, 0.29) is 5.91 Å². The third-order valence-corrected chi connectivity index (χ3v) is 6.03. The number of halogens is 2. The first-order valence-corrected chi connectivity index (χ1v) is 11.4. The van der Waals surface area contributed by atoms with Crippen LogP contribution in [0.2, 0.25) is 5.02 Å². The molecule has 2 heterocycles. The number of fused-ring (bicyclic) bond motifs is 1. The maximum Gasteiger partial charge on any atom is 0.253 e. The number of hydrogen-bond acceptors (Lipinski definition) is 5. The molecule has 4 rings (SSSR count). The lowest BCUT2D eigenvalue weighted by Gasteiger charge is -2.18. The Hall–Kier alpha value is -3.41. The molecule has 0 spiro atoms. The van der Waals surface area contributed by atoms with Crippen molar-refractivity contribution in [3.63, 3.8) is 0 Å². The summed E-state index contributed by atoms with van der Waals surface area (Å²) >= 11 is 9.89. The van der Waals surface area contributed by atoms with Gasteiger partial charge >= 0.3 is 0 Å². The first kappa shape index (κ1) is 22.8. The van der Waals surface area contributed by atoms with Crippen molar-refractivity contribution in [3.05, 3.63) is 81.4 Å². The van der Waals surface area contributed by atoms with Crippen LogP contribution in [-0.4, -0.2) is 45.5 Å². The highest BCUT2D eigenvalue weighted by Gasteiger charge is 2.14. The van der Waals surface area contributed by atoms with Gasteiger partial charge < -0.3 is 10.2 Å². The maximum absolute atomic E-state index is 12.6. The molecule has 166 valence electrons. The molecule has 1 N–H and O–H groups in total. The van der Waals surface area contributed by atoms with Gasteiger partial charge in [-0.15, -0.1) is 0 Å². The van der Waals surface area contributed by atoms with Gasteiger partial charge in [0, 0.05) is 42.4 Å². The predicted molar refractivity (Wildman–Crippen MR) is 132 cm³/mol. The van der Waals surface area contributed by atoms with Crippen molar-refractivity contribution >= 4 is 44.9 Å². The minimum absolute atomic E-state index is 0.115. The summed E-state index contributed by atoms with van der Waals surface area (Å²) in [5, 5.41) is 17.5. The van der Waals surface area contributed by atoms with Gasteiger partial charge in [0.15, 0.2) is 5.65 Å². The summed E-state index contributed by atoms with van der Waals surface area (Å²) in [4.78, 5) is 19.0. The molecule has 9 heteroatoms. The van der Waals surface area contributed by atoms with E-state index < -0.39 is 0 Å². The van der Waals surface area contributed by atoms with Crippen LogP contribution in [0.15, 0.2) is 65.3 Å². The molecule has 0 fully saturated rings. The Bertz CT molecular complexity index is 1360. The third-order valence-electron chi connectivity index (χ3n) is 5.14. The van der Waals surface area contributed by atoms with E-state index in [9.17, 15) is 4.79 Å². The molecular formula is C24H20BrClN6O. The Morgan fingerprint density at radius 2 is 2.06 bits per heavy atom. The molecule has 2 aromatic carbocycles. The van der Waals surface area contributed by atoms with Crippen molar-refractivity contribution in [1.82, 2.24) is 19.5 Å². The minimum Gasteiger partial charge on any atom is -0.370 e. The largest absolute Gasteiger partial charge is 0.370 e. The van der Waals surface area contributed by atoms with E-state index in [1.54, 1.807) is 46.9 Å². The SMILES string of the molecule is CN(CCCNc1cc(-c2ccccc2Cl)nc2c(Br)cnn12)C(=O)c1cccc(C#N)c1. The average molecular weight is 524 g/mol. The molecule has 0 saturated carbocycles. The lowest BCUT2D eigenvalue weighted by Crippen LogP contribution is -2.29. The highest BCUT2D eigenvalue weighted by atomic mass is 79.9. The minimum atomic E-state index is -0.115. The number of nitrogens with one attached hydrogen (secondary N) is 1. The van der Waals surface area contributed by atoms with Crippen LogP contribution in [0.3, 0.4) is 0 Å². The van der Waals surface area contributed by atoms with Crippen molar-refractivity contribution in [3.8, 4) is 17.3 Å². The summed E-state index contributed by atoms with van der Waals surface area (Å²) in [5.74, 6) is 0.659. The molecule has 0 aliphatic heterocycles. The van der Waals surface area contributed by atoms with Crippen LogP contribution in [0, 0.1) is 11.3 Å². The Labute approximate surface area is 204 Å². The molecule has 4 aromatic rings. The Kier molecular flexibility index (Phi) is 6.92. The van der Waals surface area contributed by atoms with Crippen molar-refractivity contribution < 1.29 is 4.79 Å². The molecule has 7 nitrogen and oxygen atoms in total. The molecule has 2 aromatic heterocycles. The topological polar surface area (TPSA) is 86.3 Å². The predicted octanol–water partition coefficient (Wildman–Crippen LogP) is 5.26. The Morgan fingerprint density at radius 3 is 2.85 bits per heavy atom. The second-order valence-corrected chi connectivity index (χ2v) is 8.70. The number of amides is 1. The van der Waals surface area contributed by atoms with E-state index in [1.807, 2.05) is 30.3 Å². The summed E-state index contributed by atoms with van der Waals surface area (Å²) in [5.41, 5.74) is 3.23. The summed E-state index contributed by atoms with van der Waals surface area (Å²) in [6.45, 7) is 1.17. The van der Waals surface area contributed by atoms with Crippen LogP contribution >= 0.6 is 27.5 Å². The molecule has 0 aliphatic carbocycles. The Balaban J connectivity index is 1.45. The first-order chi connectivity index (χ1) is 16.0. The van der Waals surface area contributed by atoms with Crippen molar-refractivity contribution in [2.45, 2.75) is 6.42 Å². The molecule has 0 radical (unpaired) electrons. The molecule has 0 aliphatic rings. The fourth-order valence-corrected chi connectivity index (χ4v) is 4.03. The second kappa shape index (κ2) is 10.0. The van der Waals surface area contributed by atoms with E-state index >= 15 is 0 Å². The summed E-state index contributed by atoms with van der Waals surface area (Å²) < 4.78 is 2.51. The highest BCUT2D eigenvalue weighted by molar-refractivity contribution is 9.10. The van der Waals surface area contributed by atoms with Crippen LogP contribution in [0.25, 0.3) is 16.9 Å². The number of benzene rings is 2. The van der Waals surface area contributed by atoms with E-state index in [2.05, 4.69) is 32.4 Å². The van der Waals surface area contributed by atoms with E-state index in [0.29, 0.717) is 41.3 Å².